The average Bonchev–Trinajstić information content (AvgIpc) is 2.62. The van der Waals surface area contributed by atoms with Crippen LogP contribution in [0.1, 0.15) is 50.8 Å². The number of unbranched alkanes of at least 4 members (excludes halogenated alkanes) is 3. The topological polar surface area (TPSA) is 12.0 Å². The third-order valence-corrected chi connectivity index (χ3v) is 5.29. The molecule has 1 aromatic heterocycles. The molecule has 0 saturated heterocycles. The van der Waals surface area contributed by atoms with E-state index in [1.807, 2.05) is 0 Å². The molecule has 1 aromatic rings. The van der Waals surface area contributed by atoms with Crippen LogP contribution < -0.4 is 5.32 Å². The van der Waals surface area contributed by atoms with Crippen LogP contribution in [0.25, 0.3) is 0 Å². The van der Waals surface area contributed by atoms with Crippen LogP contribution in [0.4, 0.5) is 0 Å². The normalized spacial score (nSPS) is 12.9. The summed E-state index contributed by atoms with van der Waals surface area (Å²) in [6.45, 7) is 5.43. The Bertz CT molecular complexity index is 308. The number of rotatable bonds is 8. The number of thiophene rings is 1. The van der Waals surface area contributed by atoms with Gasteiger partial charge in [0.25, 0.3) is 0 Å². The van der Waals surface area contributed by atoms with Crippen molar-refractivity contribution in [2.45, 2.75) is 58.5 Å². The highest BCUT2D eigenvalue weighted by Gasteiger charge is 2.06. The van der Waals surface area contributed by atoms with Gasteiger partial charge in [0.2, 0.25) is 0 Å². The lowest BCUT2D eigenvalue weighted by Crippen LogP contribution is -2.24. The molecular formula is C13H21BrClNS. The fraction of sp³-hybridized carbons (Fsp3) is 0.692. The standard InChI is InChI=1S/C13H21BrClNS/c1-3-4-5-6-7-10(2)16-9-11-8-12(14)13(15)17-11/h8,10,16H,3-7,9H2,1-2H3. The summed E-state index contributed by atoms with van der Waals surface area (Å²) in [7, 11) is 0. The van der Waals surface area contributed by atoms with Crippen LogP contribution in [-0.4, -0.2) is 6.04 Å². The van der Waals surface area contributed by atoms with Crippen LogP contribution in [0.5, 0.6) is 0 Å². The smallest absolute Gasteiger partial charge is 0.107 e. The van der Waals surface area contributed by atoms with Crippen LogP contribution >= 0.6 is 38.9 Å². The molecule has 1 N–H and O–H groups in total. The Morgan fingerprint density at radius 3 is 2.76 bits per heavy atom. The second-order valence-electron chi connectivity index (χ2n) is 4.47. The van der Waals surface area contributed by atoms with Gasteiger partial charge in [-0.25, -0.2) is 0 Å². The Morgan fingerprint density at radius 1 is 1.41 bits per heavy atom. The minimum atomic E-state index is 0.589. The van der Waals surface area contributed by atoms with Gasteiger partial charge >= 0.3 is 0 Å². The summed E-state index contributed by atoms with van der Waals surface area (Å²) >= 11 is 11.1. The quantitative estimate of drug-likeness (QED) is 0.607. The molecule has 1 unspecified atom stereocenters. The van der Waals surface area contributed by atoms with Gasteiger partial charge in [0.15, 0.2) is 0 Å². The lowest BCUT2D eigenvalue weighted by molar-refractivity contribution is 0.484. The predicted molar refractivity (Wildman–Crippen MR) is 82.1 cm³/mol. The first kappa shape index (κ1) is 15.5. The van der Waals surface area contributed by atoms with Crippen molar-refractivity contribution in [1.29, 1.82) is 0 Å². The van der Waals surface area contributed by atoms with Gasteiger partial charge in [-0.15, -0.1) is 11.3 Å². The van der Waals surface area contributed by atoms with Crippen molar-refractivity contribution in [2.24, 2.45) is 0 Å². The van der Waals surface area contributed by atoms with Gasteiger partial charge in [0.05, 0.1) is 0 Å². The molecule has 0 bridgehead atoms. The number of nitrogens with one attached hydrogen (secondary N) is 1. The molecule has 0 aliphatic rings. The van der Waals surface area contributed by atoms with Crippen LogP contribution in [0.3, 0.4) is 0 Å². The molecular weight excluding hydrogens is 318 g/mol. The highest BCUT2D eigenvalue weighted by molar-refractivity contribution is 9.10. The molecule has 0 fully saturated rings. The van der Waals surface area contributed by atoms with Crippen LogP contribution in [0, 0.1) is 0 Å². The van der Waals surface area contributed by atoms with Gasteiger partial charge in [-0.3, -0.25) is 0 Å². The maximum Gasteiger partial charge on any atom is 0.107 e. The van der Waals surface area contributed by atoms with Gasteiger partial charge in [0.1, 0.15) is 4.34 Å². The highest BCUT2D eigenvalue weighted by atomic mass is 79.9. The van der Waals surface area contributed by atoms with Crippen molar-refractivity contribution >= 4 is 38.9 Å². The van der Waals surface area contributed by atoms with Crippen molar-refractivity contribution in [3.63, 3.8) is 0 Å². The van der Waals surface area contributed by atoms with E-state index < -0.39 is 0 Å². The zero-order chi connectivity index (χ0) is 12.7. The number of halogens is 2. The number of hydrogen-bond donors (Lipinski definition) is 1. The second-order valence-corrected chi connectivity index (χ2v) is 7.06. The Labute approximate surface area is 122 Å². The molecule has 0 amide bonds. The van der Waals surface area contributed by atoms with Crippen molar-refractivity contribution in [3.05, 3.63) is 19.8 Å². The van der Waals surface area contributed by atoms with E-state index in [1.54, 1.807) is 11.3 Å². The Balaban J connectivity index is 2.17. The monoisotopic (exact) mass is 337 g/mol. The first-order chi connectivity index (χ1) is 8.13. The molecule has 4 heteroatoms. The van der Waals surface area contributed by atoms with Crippen molar-refractivity contribution in [2.75, 3.05) is 0 Å². The zero-order valence-corrected chi connectivity index (χ0v) is 13.7. The van der Waals surface area contributed by atoms with E-state index in [0.717, 1.165) is 15.4 Å². The summed E-state index contributed by atoms with van der Waals surface area (Å²) in [5.41, 5.74) is 0. The molecule has 0 aliphatic carbocycles. The maximum atomic E-state index is 6.01. The molecule has 17 heavy (non-hydrogen) atoms. The van der Waals surface area contributed by atoms with Gasteiger partial charge in [-0.1, -0.05) is 44.2 Å². The summed E-state index contributed by atoms with van der Waals surface area (Å²) in [6.07, 6.45) is 6.62. The summed E-state index contributed by atoms with van der Waals surface area (Å²) in [5.74, 6) is 0. The summed E-state index contributed by atoms with van der Waals surface area (Å²) in [5, 5.41) is 3.55. The third kappa shape index (κ3) is 6.23. The molecule has 0 aromatic carbocycles. The number of hydrogen-bond acceptors (Lipinski definition) is 2. The molecule has 1 nitrogen and oxygen atoms in total. The Hall–Kier alpha value is 0.430. The van der Waals surface area contributed by atoms with E-state index in [9.17, 15) is 0 Å². The lowest BCUT2D eigenvalue weighted by Gasteiger charge is -2.12. The zero-order valence-electron chi connectivity index (χ0n) is 10.6. The van der Waals surface area contributed by atoms with Crippen LogP contribution in [0.2, 0.25) is 4.34 Å². The Kier molecular flexibility index (Phi) is 7.76. The van der Waals surface area contributed by atoms with E-state index in [0.29, 0.717) is 6.04 Å². The van der Waals surface area contributed by atoms with Crippen LogP contribution in [0.15, 0.2) is 10.5 Å². The largest absolute Gasteiger partial charge is 0.309 e. The van der Waals surface area contributed by atoms with Gasteiger partial charge < -0.3 is 5.32 Å². The first-order valence-electron chi connectivity index (χ1n) is 6.30. The fourth-order valence-electron chi connectivity index (χ4n) is 1.73. The second kappa shape index (κ2) is 8.52. The van der Waals surface area contributed by atoms with Gasteiger partial charge in [-0.2, -0.15) is 0 Å². The molecule has 1 heterocycles. The Morgan fingerprint density at radius 2 is 2.18 bits per heavy atom. The van der Waals surface area contributed by atoms with Crippen LogP contribution in [-0.2, 0) is 6.54 Å². The summed E-state index contributed by atoms with van der Waals surface area (Å²) < 4.78 is 1.86. The molecule has 1 atom stereocenters. The highest BCUT2D eigenvalue weighted by Crippen LogP contribution is 2.31. The van der Waals surface area contributed by atoms with E-state index in [1.165, 1.54) is 37.0 Å². The van der Waals surface area contributed by atoms with E-state index in [4.69, 9.17) is 11.6 Å². The van der Waals surface area contributed by atoms with E-state index >= 15 is 0 Å². The van der Waals surface area contributed by atoms with Crippen molar-refractivity contribution in [1.82, 2.24) is 5.32 Å². The van der Waals surface area contributed by atoms with Crippen molar-refractivity contribution in [3.8, 4) is 0 Å². The molecule has 0 saturated carbocycles. The average molecular weight is 339 g/mol. The molecule has 0 radical (unpaired) electrons. The van der Waals surface area contributed by atoms with E-state index in [2.05, 4.69) is 41.2 Å². The lowest BCUT2D eigenvalue weighted by atomic mass is 10.1. The minimum absolute atomic E-state index is 0.589. The van der Waals surface area contributed by atoms with Crippen molar-refractivity contribution < 1.29 is 0 Å². The van der Waals surface area contributed by atoms with E-state index in [-0.39, 0.29) is 0 Å². The summed E-state index contributed by atoms with van der Waals surface area (Å²) in [4.78, 5) is 1.29. The fourth-order valence-corrected chi connectivity index (χ4v) is 3.47. The summed E-state index contributed by atoms with van der Waals surface area (Å²) in [6, 6.07) is 2.69. The molecule has 1 rings (SSSR count). The molecule has 0 spiro atoms. The minimum Gasteiger partial charge on any atom is -0.309 e. The molecule has 0 aliphatic heterocycles. The van der Waals surface area contributed by atoms with Gasteiger partial charge in [0, 0.05) is 21.9 Å². The molecule has 98 valence electrons. The third-order valence-electron chi connectivity index (χ3n) is 2.81. The van der Waals surface area contributed by atoms with Gasteiger partial charge in [-0.05, 0) is 35.3 Å². The first-order valence-corrected chi connectivity index (χ1v) is 8.29. The predicted octanol–water partition coefficient (Wildman–Crippen LogP) is 5.61. The SMILES string of the molecule is CCCCCCC(C)NCc1cc(Br)c(Cl)s1. The maximum absolute atomic E-state index is 6.01.